The van der Waals surface area contributed by atoms with E-state index in [1.165, 1.54) is 0 Å². The third-order valence-corrected chi connectivity index (χ3v) is 6.11. The highest BCUT2D eigenvalue weighted by Gasteiger charge is 2.23. The molecule has 0 saturated heterocycles. The summed E-state index contributed by atoms with van der Waals surface area (Å²) >= 11 is 0. The van der Waals surface area contributed by atoms with Crippen LogP contribution in [0.3, 0.4) is 0 Å². The van der Waals surface area contributed by atoms with E-state index in [1.807, 2.05) is 37.3 Å². The Bertz CT molecular complexity index is 779. The first kappa shape index (κ1) is 21.3. The van der Waals surface area contributed by atoms with Gasteiger partial charge in [0.2, 0.25) is 7.37 Å². The number of carboxylic acid groups (broad SMARTS) is 1. The van der Waals surface area contributed by atoms with E-state index in [2.05, 4.69) is 5.32 Å². The predicted molar refractivity (Wildman–Crippen MR) is 105 cm³/mol. The monoisotopic (exact) mass is 391 g/mol. The molecular formula is C20H26NO5P. The van der Waals surface area contributed by atoms with Crippen molar-refractivity contribution in [1.82, 2.24) is 5.32 Å². The highest BCUT2D eigenvalue weighted by Crippen LogP contribution is 2.44. The smallest absolute Gasteiger partial charge is 0.307 e. The number of carbonyl (C=O) groups is 1. The molecule has 3 atom stereocenters. The highest BCUT2D eigenvalue weighted by atomic mass is 31.2. The molecule has 0 bridgehead atoms. The summed E-state index contributed by atoms with van der Waals surface area (Å²) in [6.07, 6.45) is -1.07. The number of aliphatic hydroxyl groups is 1. The Balaban J connectivity index is 1.82. The Morgan fingerprint density at radius 1 is 1.07 bits per heavy atom. The first-order valence-electron chi connectivity index (χ1n) is 8.82. The van der Waals surface area contributed by atoms with Gasteiger partial charge in [0.25, 0.3) is 0 Å². The molecule has 2 rings (SSSR count). The number of hydrogen-bond acceptors (Lipinski definition) is 4. The minimum absolute atomic E-state index is 0.0198. The third-order valence-electron chi connectivity index (χ3n) is 4.26. The molecule has 0 spiro atoms. The van der Waals surface area contributed by atoms with Gasteiger partial charge in [-0.15, -0.1) is 0 Å². The fourth-order valence-electron chi connectivity index (χ4n) is 2.86. The Morgan fingerprint density at radius 2 is 1.70 bits per heavy atom. The van der Waals surface area contributed by atoms with Crippen molar-refractivity contribution in [1.29, 1.82) is 0 Å². The molecular weight excluding hydrogens is 365 g/mol. The zero-order chi connectivity index (χ0) is 19.9. The largest absolute Gasteiger partial charge is 0.481 e. The summed E-state index contributed by atoms with van der Waals surface area (Å²) in [6.45, 7) is 2.11. The van der Waals surface area contributed by atoms with Crippen molar-refractivity contribution >= 4 is 13.3 Å². The number of hydrogen-bond donors (Lipinski definition) is 4. The van der Waals surface area contributed by atoms with Crippen molar-refractivity contribution in [2.45, 2.75) is 31.7 Å². The van der Waals surface area contributed by atoms with E-state index in [0.717, 1.165) is 16.7 Å². The molecule has 0 aliphatic rings. The Hall–Kier alpha value is -1.98. The number of rotatable bonds is 10. The van der Waals surface area contributed by atoms with Gasteiger partial charge in [0.1, 0.15) is 0 Å². The second-order valence-electron chi connectivity index (χ2n) is 6.77. The van der Waals surface area contributed by atoms with Crippen molar-refractivity contribution in [3.63, 3.8) is 0 Å². The second-order valence-corrected chi connectivity index (χ2v) is 9.14. The van der Waals surface area contributed by atoms with E-state index in [-0.39, 0.29) is 31.3 Å². The second kappa shape index (κ2) is 9.81. The lowest BCUT2D eigenvalue weighted by Gasteiger charge is -2.20. The fraction of sp³-hybridized carbons (Fsp3) is 0.350. The average molecular weight is 391 g/mol. The van der Waals surface area contributed by atoms with Crippen LogP contribution in [0.4, 0.5) is 0 Å². The van der Waals surface area contributed by atoms with Crippen LogP contribution in [0, 0.1) is 0 Å². The van der Waals surface area contributed by atoms with Gasteiger partial charge in [0.15, 0.2) is 0 Å². The van der Waals surface area contributed by atoms with Crippen LogP contribution >= 0.6 is 7.37 Å². The van der Waals surface area contributed by atoms with E-state index in [1.54, 1.807) is 24.3 Å². The van der Waals surface area contributed by atoms with Gasteiger partial charge in [-0.2, -0.15) is 0 Å². The molecule has 0 amide bonds. The first-order valence-corrected chi connectivity index (χ1v) is 10.8. The molecule has 0 radical (unpaired) electrons. The summed E-state index contributed by atoms with van der Waals surface area (Å²) in [7, 11) is -3.47. The standard InChI is InChI=1S/C20H26NO5P/c1-15(18-9-7-16(8-10-18)11-20(23)24)21-12-19(22)14-27(25,26)13-17-5-3-2-4-6-17/h2-10,15,19,21-22H,11-14H2,1H3,(H,23,24)(H,25,26). The van der Waals surface area contributed by atoms with Gasteiger partial charge in [-0.05, 0) is 23.6 Å². The quantitative estimate of drug-likeness (QED) is 0.464. The lowest BCUT2D eigenvalue weighted by Crippen LogP contribution is -2.31. The number of aliphatic carboxylic acids is 1. The lowest BCUT2D eigenvalue weighted by atomic mass is 10.0. The maximum atomic E-state index is 12.4. The molecule has 4 N–H and O–H groups in total. The topological polar surface area (TPSA) is 107 Å². The van der Waals surface area contributed by atoms with Crippen LogP contribution in [0.5, 0.6) is 0 Å². The maximum Gasteiger partial charge on any atom is 0.307 e. The van der Waals surface area contributed by atoms with Gasteiger partial charge in [-0.3, -0.25) is 9.36 Å². The normalized spacial score (nSPS) is 15.7. The molecule has 3 unspecified atom stereocenters. The van der Waals surface area contributed by atoms with Crippen LogP contribution in [0.2, 0.25) is 0 Å². The zero-order valence-corrected chi connectivity index (χ0v) is 16.2. The Labute approximate surface area is 159 Å². The summed E-state index contributed by atoms with van der Waals surface area (Å²) in [5.74, 6) is -0.874. The van der Waals surface area contributed by atoms with Crippen molar-refractivity contribution < 1.29 is 24.5 Å². The van der Waals surface area contributed by atoms with Gasteiger partial charge in [0, 0.05) is 18.7 Å². The average Bonchev–Trinajstić information content (AvgIpc) is 2.60. The molecule has 2 aromatic carbocycles. The minimum Gasteiger partial charge on any atom is -0.481 e. The molecule has 146 valence electrons. The van der Waals surface area contributed by atoms with Crippen LogP contribution in [-0.4, -0.2) is 39.9 Å². The van der Waals surface area contributed by atoms with Gasteiger partial charge >= 0.3 is 5.97 Å². The van der Waals surface area contributed by atoms with Crippen LogP contribution < -0.4 is 5.32 Å². The van der Waals surface area contributed by atoms with Crippen LogP contribution in [0.15, 0.2) is 54.6 Å². The molecule has 6 nitrogen and oxygen atoms in total. The van der Waals surface area contributed by atoms with E-state index in [0.29, 0.717) is 0 Å². The molecule has 0 fully saturated rings. The molecule has 0 aliphatic heterocycles. The molecule has 0 saturated carbocycles. The summed E-state index contributed by atoms with van der Waals surface area (Å²) in [5, 5.41) is 22.1. The van der Waals surface area contributed by atoms with Crippen molar-refractivity contribution in [2.24, 2.45) is 0 Å². The van der Waals surface area contributed by atoms with Crippen LogP contribution in [-0.2, 0) is 21.9 Å². The predicted octanol–water partition coefficient (Wildman–Crippen LogP) is 2.80. The Kier molecular flexibility index (Phi) is 7.75. The molecule has 0 heterocycles. The zero-order valence-electron chi connectivity index (χ0n) is 15.3. The molecule has 7 heteroatoms. The highest BCUT2D eigenvalue weighted by molar-refractivity contribution is 7.57. The van der Waals surface area contributed by atoms with E-state index >= 15 is 0 Å². The van der Waals surface area contributed by atoms with Gasteiger partial charge in [-0.1, -0.05) is 54.6 Å². The molecule has 2 aromatic rings. The maximum absolute atomic E-state index is 12.4. The molecule has 27 heavy (non-hydrogen) atoms. The van der Waals surface area contributed by atoms with Gasteiger partial charge in [0.05, 0.1) is 18.7 Å². The summed E-state index contributed by atoms with van der Waals surface area (Å²) in [6, 6.07) is 16.2. The van der Waals surface area contributed by atoms with Crippen LogP contribution in [0.1, 0.15) is 29.7 Å². The summed E-state index contributed by atoms with van der Waals surface area (Å²) < 4.78 is 12.4. The third kappa shape index (κ3) is 7.65. The molecule has 0 aromatic heterocycles. The van der Waals surface area contributed by atoms with Gasteiger partial charge < -0.3 is 20.4 Å². The first-order chi connectivity index (χ1) is 12.7. The van der Waals surface area contributed by atoms with Crippen molar-refractivity contribution in [3.05, 3.63) is 71.3 Å². The number of carboxylic acids is 1. The van der Waals surface area contributed by atoms with Crippen molar-refractivity contribution in [2.75, 3.05) is 12.7 Å². The van der Waals surface area contributed by atoms with E-state index in [4.69, 9.17) is 5.11 Å². The molecule has 0 aliphatic carbocycles. The summed E-state index contributed by atoms with van der Waals surface area (Å²) in [4.78, 5) is 20.9. The summed E-state index contributed by atoms with van der Waals surface area (Å²) in [5.41, 5.74) is 2.45. The van der Waals surface area contributed by atoms with Gasteiger partial charge in [-0.25, -0.2) is 0 Å². The number of benzene rings is 2. The number of aliphatic hydroxyl groups excluding tert-OH is 1. The Morgan fingerprint density at radius 3 is 2.30 bits per heavy atom. The minimum atomic E-state index is -3.47. The fourth-order valence-corrected chi connectivity index (χ4v) is 4.55. The van der Waals surface area contributed by atoms with E-state index < -0.39 is 19.4 Å². The van der Waals surface area contributed by atoms with Crippen LogP contribution in [0.25, 0.3) is 0 Å². The lowest BCUT2D eigenvalue weighted by molar-refractivity contribution is -0.136. The van der Waals surface area contributed by atoms with Crippen molar-refractivity contribution in [3.8, 4) is 0 Å². The van der Waals surface area contributed by atoms with E-state index in [9.17, 15) is 19.4 Å². The number of nitrogens with one attached hydrogen (secondary N) is 1. The SMILES string of the molecule is CC(NCC(O)CP(=O)(O)Cc1ccccc1)c1ccc(CC(=O)O)cc1.